The number of amides is 2. The van der Waals surface area contributed by atoms with E-state index in [1.165, 1.54) is 12.8 Å². The van der Waals surface area contributed by atoms with E-state index in [0.717, 1.165) is 36.1 Å². The van der Waals surface area contributed by atoms with Gasteiger partial charge in [-0.25, -0.2) is 0 Å². The maximum absolute atomic E-state index is 12.9. The van der Waals surface area contributed by atoms with Crippen molar-refractivity contribution in [2.24, 2.45) is 11.3 Å². The highest BCUT2D eigenvalue weighted by molar-refractivity contribution is 5.95. The molecule has 1 heterocycles. The molecule has 4 nitrogen and oxygen atoms in total. The van der Waals surface area contributed by atoms with Gasteiger partial charge in [0.25, 0.3) is 5.91 Å². The van der Waals surface area contributed by atoms with Crippen LogP contribution in [0.2, 0.25) is 0 Å². The molecule has 2 fully saturated rings. The van der Waals surface area contributed by atoms with Gasteiger partial charge in [-0.05, 0) is 38.8 Å². The molecule has 1 N–H and O–H groups in total. The van der Waals surface area contributed by atoms with Crippen LogP contribution in [0.3, 0.4) is 0 Å². The molecule has 1 aliphatic heterocycles. The number of nitrogens with zero attached hydrogens (tertiary/aromatic N) is 1. The Morgan fingerprint density at radius 1 is 1.13 bits per heavy atom. The molecule has 3 rings (SSSR count). The standard InChI is InChI=1S/C19H26N2O2/c1-13-8-14(2)10-15(9-13)18(23)21-11-16(17(22)20-3)19(12-21)6-4-5-7-19/h8-10,16H,4-7,11-12H2,1-3H3,(H,20,22)/t16-/m1/s1. The lowest BCUT2D eigenvalue weighted by Gasteiger charge is -2.28. The van der Waals surface area contributed by atoms with Gasteiger partial charge in [0.05, 0.1) is 5.92 Å². The molecule has 1 saturated carbocycles. The fourth-order valence-electron chi connectivity index (χ4n) is 4.53. The smallest absolute Gasteiger partial charge is 0.253 e. The van der Waals surface area contributed by atoms with Gasteiger partial charge in [-0.1, -0.05) is 30.0 Å². The molecule has 4 heteroatoms. The van der Waals surface area contributed by atoms with Crippen LogP contribution in [0, 0.1) is 25.2 Å². The largest absolute Gasteiger partial charge is 0.359 e. The second kappa shape index (κ2) is 5.99. The van der Waals surface area contributed by atoms with Crippen molar-refractivity contribution in [2.45, 2.75) is 39.5 Å². The summed E-state index contributed by atoms with van der Waals surface area (Å²) in [6.07, 6.45) is 4.45. The number of carbonyl (C=O) groups is 2. The summed E-state index contributed by atoms with van der Waals surface area (Å²) in [5.74, 6) is 0.0851. The maximum atomic E-state index is 12.9. The molecule has 23 heavy (non-hydrogen) atoms. The van der Waals surface area contributed by atoms with Crippen molar-refractivity contribution >= 4 is 11.8 Å². The van der Waals surface area contributed by atoms with Crippen molar-refractivity contribution in [2.75, 3.05) is 20.1 Å². The molecule has 124 valence electrons. The van der Waals surface area contributed by atoms with Crippen LogP contribution in [0.4, 0.5) is 0 Å². The zero-order valence-electron chi connectivity index (χ0n) is 14.3. The number of rotatable bonds is 2. The normalized spacial score (nSPS) is 22.6. The summed E-state index contributed by atoms with van der Waals surface area (Å²) in [7, 11) is 1.69. The third kappa shape index (κ3) is 2.87. The third-order valence-electron chi connectivity index (χ3n) is 5.57. The summed E-state index contributed by atoms with van der Waals surface area (Å²) in [6.45, 7) is 5.29. The van der Waals surface area contributed by atoms with Crippen LogP contribution in [-0.4, -0.2) is 36.9 Å². The molecule has 0 unspecified atom stereocenters. The van der Waals surface area contributed by atoms with Crippen molar-refractivity contribution in [3.63, 3.8) is 0 Å². The van der Waals surface area contributed by atoms with Crippen LogP contribution in [0.25, 0.3) is 0 Å². The molecule has 1 aromatic carbocycles. The van der Waals surface area contributed by atoms with Gasteiger partial charge in [-0.2, -0.15) is 0 Å². The zero-order valence-corrected chi connectivity index (χ0v) is 14.3. The Balaban J connectivity index is 1.86. The number of hydrogen-bond donors (Lipinski definition) is 1. The first kappa shape index (κ1) is 16.0. The van der Waals surface area contributed by atoms with Crippen molar-refractivity contribution < 1.29 is 9.59 Å². The Morgan fingerprint density at radius 2 is 1.74 bits per heavy atom. The minimum atomic E-state index is -0.0649. The third-order valence-corrected chi connectivity index (χ3v) is 5.57. The average Bonchev–Trinajstić information content (AvgIpc) is 3.13. The van der Waals surface area contributed by atoms with E-state index in [0.29, 0.717) is 6.54 Å². The average molecular weight is 314 g/mol. The molecule has 1 aromatic rings. The summed E-state index contributed by atoms with van der Waals surface area (Å²) in [5, 5.41) is 2.80. The zero-order chi connectivity index (χ0) is 16.6. The minimum Gasteiger partial charge on any atom is -0.359 e. The molecule has 0 bridgehead atoms. The van der Waals surface area contributed by atoms with Crippen LogP contribution in [0.15, 0.2) is 18.2 Å². The molecule has 0 radical (unpaired) electrons. The van der Waals surface area contributed by atoms with E-state index in [4.69, 9.17) is 0 Å². The lowest BCUT2D eigenvalue weighted by atomic mass is 9.76. The number of aryl methyl sites for hydroxylation is 2. The first-order chi connectivity index (χ1) is 10.9. The monoisotopic (exact) mass is 314 g/mol. The first-order valence-corrected chi connectivity index (χ1v) is 8.54. The number of hydrogen-bond acceptors (Lipinski definition) is 2. The van der Waals surface area contributed by atoms with E-state index in [2.05, 4.69) is 11.4 Å². The Hall–Kier alpha value is -1.84. The Bertz CT molecular complexity index is 612. The van der Waals surface area contributed by atoms with Crippen molar-refractivity contribution in [1.29, 1.82) is 0 Å². The predicted molar refractivity (Wildman–Crippen MR) is 90.3 cm³/mol. The fraction of sp³-hybridized carbons (Fsp3) is 0.579. The van der Waals surface area contributed by atoms with Gasteiger partial charge in [0.1, 0.15) is 0 Å². The summed E-state index contributed by atoms with van der Waals surface area (Å²) in [4.78, 5) is 27.2. The molecule has 1 aliphatic carbocycles. The summed E-state index contributed by atoms with van der Waals surface area (Å²) >= 11 is 0. The molecule has 0 aromatic heterocycles. The van der Waals surface area contributed by atoms with Gasteiger partial charge in [-0.15, -0.1) is 0 Å². The van der Waals surface area contributed by atoms with Gasteiger partial charge >= 0.3 is 0 Å². The van der Waals surface area contributed by atoms with E-state index < -0.39 is 0 Å². The molecule has 1 saturated heterocycles. The number of carbonyl (C=O) groups excluding carboxylic acids is 2. The maximum Gasteiger partial charge on any atom is 0.253 e. The Labute approximate surface area is 138 Å². The van der Waals surface area contributed by atoms with Crippen molar-refractivity contribution in [3.8, 4) is 0 Å². The second-order valence-electron chi connectivity index (χ2n) is 7.30. The highest BCUT2D eigenvalue weighted by Crippen LogP contribution is 2.49. The SMILES string of the molecule is CNC(=O)[C@H]1CN(C(=O)c2cc(C)cc(C)c2)CC12CCCC2. The lowest BCUT2D eigenvalue weighted by Crippen LogP contribution is -2.38. The van der Waals surface area contributed by atoms with Crippen LogP contribution < -0.4 is 5.32 Å². The van der Waals surface area contributed by atoms with E-state index in [-0.39, 0.29) is 23.1 Å². The molecule has 2 amide bonds. The molecule has 1 atom stereocenters. The highest BCUT2D eigenvalue weighted by Gasteiger charge is 2.52. The minimum absolute atomic E-state index is 0.00533. The fourth-order valence-corrected chi connectivity index (χ4v) is 4.53. The summed E-state index contributed by atoms with van der Waals surface area (Å²) < 4.78 is 0. The Kier molecular flexibility index (Phi) is 4.17. The van der Waals surface area contributed by atoms with Crippen LogP contribution in [0.5, 0.6) is 0 Å². The van der Waals surface area contributed by atoms with Crippen LogP contribution in [0.1, 0.15) is 47.2 Å². The van der Waals surface area contributed by atoms with Crippen molar-refractivity contribution in [3.05, 3.63) is 34.9 Å². The van der Waals surface area contributed by atoms with Crippen LogP contribution >= 0.6 is 0 Å². The molecular weight excluding hydrogens is 288 g/mol. The summed E-state index contributed by atoms with van der Waals surface area (Å²) in [6, 6.07) is 5.97. The molecule has 1 spiro atoms. The topological polar surface area (TPSA) is 49.4 Å². The second-order valence-corrected chi connectivity index (χ2v) is 7.30. The summed E-state index contributed by atoms with van der Waals surface area (Å²) in [5.41, 5.74) is 2.94. The van der Waals surface area contributed by atoms with E-state index in [9.17, 15) is 9.59 Å². The van der Waals surface area contributed by atoms with E-state index >= 15 is 0 Å². The number of nitrogens with one attached hydrogen (secondary N) is 1. The van der Waals surface area contributed by atoms with Gasteiger partial charge in [0.15, 0.2) is 0 Å². The highest BCUT2D eigenvalue weighted by atomic mass is 16.2. The van der Waals surface area contributed by atoms with E-state index in [1.807, 2.05) is 30.9 Å². The molecular formula is C19H26N2O2. The molecule has 2 aliphatic rings. The predicted octanol–water partition coefficient (Wildman–Crippen LogP) is 2.68. The van der Waals surface area contributed by atoms with Gasteiger partial charge in [-0.3, -0.25) is 9.59 Å². The van der Waals surface area contributed by atoms with Crippen molar-refractivity contribution in [1.82, 2.24) is 10.2 Å². The van der Waals surface area contributed by atoms with Crippen LogP contribution in [-0.2, 0) is 4.79 Å². The number of likely N-dealkylation sites (tertiary alicyclic amines) is 1. The lowest BCUT2D eigenvalue weighted by molar-refractivity contribution is -0.127. The Morgan fingerprint density at radius 3 is 2.30 bits per heavy atom. The van der Waals surface area contributed by atoms with E-state index in [1.54, 1.807) is 7.05 Å². The van der Waals surface area contributed by atoms with Gasteiger partial charge in [0, 0.05) is 31.1 Å². The first-order valence-electron chi connectivity index (χ1n) is 8.54. The quantitative estimate of drug-likeness (QED) is 0.912. The van der Waals surface area contributed by atoms with Gasteiger partial charge in [0.2, 0.25) is 5.91 Å². The van der Waals surface area contributed by atoms with Gasteiger partial charge < -0.3 is 10.2 Å². The number of benzene rings is 1.